The molecule has 0 fully saturated rings. The number of ether oxygens (including phenoxy) is 1. The summed E-state index contributed by atoms with van der Waals surface area (Å²) >= 11 is 0. The Morgan fingerprint density at radius 3 is 2.65 bits per heavy atom. The predicted molar refractivity (Wildman–Crippen MR) is 70.2 cm³/mol. The molecule has 94 valence electrons. The fourth-order valence-electron chi connectivity index (χ4n) is 1.71. The van der Waals surface area contributed by atoms with Crippen LogP contribution in [0.25, 0.3) is 0 Å². The summed E-state index contributed by atoms with van der Waals surface area (Å²) in [5, 5.41) is 0. The highest BCUT2D eigenvalue weighted by molar-refractivity contribution is 5.94. The van der Waals surface area contributed by atoms with Crippen molar-refractivity contribution < 1.29 is 9.53 Å². The lowest BCUT2D eigenvalue weighted by molar-refractivity contribution is -0.122. The summed E-state index contributed by atoms with van der Waals surface area (Å²) in [6.07, 6.45) is 0. The van der Waals surface area contributed by atoms with Crippen LogP contribution in [0.3, 0.4) is 0 Å². The Labute approximate surface area is 103 Å². The van der Waals surface area contributed by atoms with Crippen LogP contribution in [-0.4, -0.2) is 26.2 Å². The lowest BCUT2D eigenvalue weighted by Crippen LogP contribution is -2.36. The van der Waals surface area contributed by atoms with Crippen molar-refractivity contribution in [3.05, 3.63) is 29.8 Å². The molecule has 0 aliphatic carbocycles. The van der Waals surface area contributed by atoms with Crippen molar-refractivity contribution in [3.8, 4) is 0 Å². The summed E-state index contributed by atoms with van der Waals surface area (Å²) in [5.74, 6) is 0.433. The maximum Gasteiger partial charge on any atom is 0.252 e. The third-order valence-corrected chi connectivity index (χ3v) is 2.43. The van der Waals surface area contributed by atoms with E-state index in [4.69, 9.17) is 4.74 Å². The quantitative estimate of drug-likeness (QED) is 0.785. The monoisotopic (exact) mass is 235 g/mol. The molecule has 3 nitrogen and oxygen atoms in total. The number of anilines is 1. The van der Waals surface area contributed by atoms with Gasteiger partial charge in [0, 0.05) is 19.3 Å². The van der Waals surface area contributed by atoms with Gasteiger partial charge in [-0.15, -0.1) is 0 Å². The maximum atomic E-state index is 12.0. The van der Waals surface area contributed by atoms with Crippen LogP contribution in [0, 0.1) is 12.8 Å². The highest BCUT2D eigenvalue weighted by Crippen LogP contribution is 2.17. The summed E-state index contributed by atoms with van der Waals surface area (Å²) in [7, 11) is 1.54. The second-order valence-corrected chi connectivity index (χ2v) is 4.67. The Balaban J connectivity index is 2.93. The van der Waals surface area contributed by atoms with Crippen molar-refractivity contribution in [1.82, 2.24) is 0 Å². The van der Waals surface area contributed by atoms with Crippen LogP contribution in [0.2, 0.25) is 0 Å². The number of aryl methyl sites for hydroxylation is 1. The van der Waals surface area contributed by atoms with E-state index in [1.807, 2.05) is 31.2 Å². The first-order valence-electron chi connectivity index (χ1n) is 5.90. The summed E-state index contributed by atoms with van der Waals surface area (Å²) in [5.41, 5.74) is 2.10. The van der Waals surface area contributed by atoms with Gasteiger partial charge in [-0.2, -0.15) is 0 Å². The number of methoxy groups -OCH3 is 1. The van der Waals surface area contributed by atoms with Gasteiger partial charge in [0.15, 0.2) is 0 Å². The average molecular weight is 235 g/mol. The van der Waals surface area contributed by atoms with Gasteiger partial charge in [0.1, 0.15) is 6.61 Å². The molecule has 1 amide bonds. The zero-order chi connectivity index (χ0) is 12.8. The number of rotatable bonds is 5. The van der Waals surface area contributed by atoms with Gasteiger partial charge in [-0.05, 0) is 30.5 Å². The molecule has 1 rings (SSSR count). The molecule has 0 bridgehead atoms. The van der Waals surface area contributed by atoms with E-state index in [1.165, 1.54) is 0 Å². The van der Waals surface area contributed by atoms with Crippen molar-refractivity contribution in [2.24, 2.45) is 5.92 Å². The van der Waals surface area contributed by atoms with E-state index in [-0.39, 0.29) is 12.5 Å². The zero-order valence-corrected chi connectivity index (χ0v) is 11.1. The second-order valence-electron chi connectivity index (χ2n) is 4.67. The van der Waals surface area contributed by atoms with E-state index in [1.54, 1.807) is 12.0 Å². The highest BCUT2D eigenvalue weighted by Gasteiger charge is 2.16. The number of hydrogen-bond acceptors (Lipinski definition) is 2. The van der Waals surface area contributed by atoms with E-state index >= 15 is 0 Å². The lowest BCUT2D eigenvalue weighted by Gasteiger charge is -2.24. The number of carbonyl (C=O) groups is 1. The largest absolute Gasteiger partial charge is 0.375 e. The fraction of sp³-hybridized carbons (Fsp3) is 0.500. The number of nitrogens with zero attached hydrogens (tertiary/aromatic N) is 1. The molecular weight excluding hydrogens is 214 g/mol. The molecule has 0 N–H and O–H groups in total. The molecule has 0 saturated carbocycles. The van der Waals surface area contributed by atoms with Crippen LogP contribution in [0.1, 0.15) is 19.4 Å². The SMILES string of the molecule is COCC(=O)N(CC(C)C)c1cccc(C)c1. The summed E-state index contributed by atoms with van der Waals surface area (Å²) in [6, 6.07) is 7.98. The number of benzene rings is 1. The molecule has 0 heterocycles. The standard InChI is InChI=1S/C14H21NO2/c1-11(2)9-15(14(16)10-17-4)13-7-5-6-12(3)8-13/h5-8,11H,9-10H2,1-4H3. The Morgan fingerprint density at radius 1 is 1.41 bits per heavy atom. The van der Waals surface area contributed by atoms with E-state index in [0.29, 0.717) is 12.5 Å². The molecule has 0 saturated heterocycles. The first kappa shape index (κ1) is 13.7. The third kappa shape index (κ3) is 4.19. The van der Waals surface area contributed by atoms with Crippen molar-refractivity contribution in [2.45, 2.75) is 20.8 Å². The summed E-state index contributed by atoms with van der Waals surface area (Å²) in [4.78, 5) is 13.8. The molecule has 1 aromatic carbocycles. The number of carbonyl (C=O) groups excluding carboxylic acids is 1. The van der Waals surface area contributed by atoms with Crippen molar-refractivity contribution >= 4 is 11.6 Å². The van der Waals surface area contributed by atoms with Crippen molar-refractivity contribution in [2.75, 3.05) is 25.2 Å². The van der Waals surface area contributed by atoms with Gasteiger partial charge in [-0.1, -0.05) is 26.0 Å². The predicted octanol–water partition coefficient (Wildman–Crippen LogP) is 2.63. The van der Waals surface area contributed by atoms with Crippen LogP contribution >= 0.6 is 0 Å². The fourth-order valence-corrected chi connectivity index (χ4v) is 1.71. The van der Waals surface area contributed by atoms with Gasteiger partial charge in [0.05, 0.1) is 0 Å². The normalized spacial score (nSPS) is 10.6. The van der Waals surface area contributed by atoms with E-state index in [9.17, 15) is 4.79 Å². The maximum absolute atomic E-state index is 12.0. The van der Waals surface area contributed by atoms with Gasteiger partial charge in [0.25, 0.3) is 5.91 Å². The smallest absolute Gasteiger partial charge is 0.252 e. The van der Waals surface area contributed by atoms with Crippen LogP contribution in [0.4, 0.5) is 5.69 Å². The molecule has 0 unspecified atom stereocenters. The van der Waals surface area contributed by atoms with E-state index < -0.39 is 0 Å². The minimum Gasteiger partial charge on any atom is -0.375 e. The molecule has 0 radical (unpaired) electrons. The van der Waals surface area contributed by atoms with Crippen LogP contribution in [-0.2, 0) is 9.53 Å². The minimum atomic E-state index is 0.00630. The molecular formula is C14H21NO2. The van der Waals surface area contributed by atoms with Gasteiger partial charge in [0.2, 0.25) is 0 Å². The zero-order valence-electron chi connectivity index (χ0n) is 11.1. The molecule has 17 heavy (non-hydrogen) atoms. The summed E-state index contributed by atoms with van der Waals surface area (Å²) < 4.78 is 4.93. The van der Waals surface area contributed by atoms with Gasteiger partial charge < -0.3 is 9.64 Å². The number of amides is 1. The van der Waals surface area contributed by atoms with Gasteiger partial charge >= 0.3 is 0 Å². The molecule has 0 spiro atoms. The van der Waals surface area contributed by atoms with Gasteiger partial charge in [-0.25, -0.2) is 0 Å². The van der Waals surface area contributed by atoms with Crippen molar-refractivity contribution in [3.63, 3.8) is 0 Å². The Bertz CT molecular complexity index is 374. The molecule has 0 atom stereocenters. The molecule has 3 heteroatoms. The topological polar surface area (TPSA) is 29.5 Å². The lowest BCUT2D eigenvalue weighted by atomic mass is 10.1. The van der Waals surface area contributed by atoms with E-state index in [2.05, 4.69) is 13.8 Å². The summed E-state index contributed by atoms with van der Waals surface area (Å²) in [6.45, 7) is 7.07. The average Bonchev–Trinajstić information content (AvgIpc) is 2.26. The van der Waals surface area contributed by atoms with Crippen molar-refractivity contribution in [1.29, 1.82) is 0 Å². The minimum absolute atomic E-state index is 0.00630. The number of hydrogen-bond donors (Lipinski definition) is 0. The van der Waals surface area contributed by atoms with Crippen LogP contribution in [0.5, 0.6) is 0 Å². The van der Waals surface area contributed by atoms with E-state index in [0.717, 1.165) is 11.3 Å². The Hall–Kier alpha value is -1.35. The van der Waals surface area contributed by atoms with Crippen LogP contribution in [0.15, 0.2) is 24.3 Å². The molecule has 1 aromatic rings. The molecule has 0 aliphatic heterocycles. The molecule has 0 aromatic heterocycles. The van der Waals surface area contributed by atoms with Gasteiger partial charge in [-0.3, -0.25) is 4.79 Å². The third-order valence-electron chi connectivity index (χ3n) is 2.43. The first-order valence-corrected chi connectivity index (χ1v) is 5.90. The second kappa shape index (κ2) is 6.40. The van der Waals surface area contributed by atoms with Crippen LogP contribution < -0.4 is 4.90 Å². The Morgan fingerprint density at radius 2 is 2.12 bits per heavy atom. The Kier molecular flexibility index (Phi) is 5.16. The first-order chi connectivity index (χ1) is 8.04. The molecule has 0 aliphatic rings. The highest BCUT2D eigenvalue weighted by atomic mass is 16.5.